The van der Waals surface area contributed by atoms with Crippen LogP contribution in [-0.2, 0) is 0 Å². The largest absolute Gasteiger partial charge is 0.395 e. The molecule has 0 spiro atoms. The first-order valence-corrected chi connectivity index (χ1v) is 7.95. The van der Waals surface area contributed by atoms with Crippen molar-refractivity contribution in [2.24, 2.45) is 0 Å². The van der Waals surface area contributed by atoms with Crippen LogP contribution in [0.1, 0.15) is 43.9 Å². The Bertz CT molecular complexity index is 406. The molecule has 21 heavy (non-hydrogen) atoms. The molecule has 0 amide bonds. The summed E-state index contributed by atoms with van der Waals surface area (Å²) in [5.41, 5.74) is 1.68. The Kier molecular flexibility index (Phi) is 8.50. The molecule has 0 bridgehead atoms. The van der Waals surface area contributed by atoms with Crippen molar-refractivity contribution in [3.05, 3.63) is 35.1 Å². The third-order valence-electron chi connectivity index (χ3n) is 3.74. The van der Waals surface area contributed by atoms with E-state index < -0.39 is 0 Å². The predicted octanol–water partition coefficient (Wildman–Crippen LogP) is 2.88. The molecular weight excluding hydrogens is 267 g/mol. The Labute approximate surface area is 128 Å². The number of hydrogen-bond acceptors (Lipinski definition) is 3. The van der Waals surface area contributed by atoms with Crippen LogP contribution >= 0.6 is 0 Å². The van der Waals surface area contributed by atoms with E-state index in [1.54, 1.807) is 13.0 Å². The summed E-state index contributed by atoms with van der Waals surface area (Å²) in [4.78, 5) is 2.26. The van der Waals surface area contributed by atoms with Crippen LogP contribution < -0.4 is 5.32 Å². The second-order valence-electron chi connectivity index (χ2n) is 5.47. The van der Waals surface area contributed by atoms with Gasteiger partial charge in [0.1, 0.15) is 5.82 Å². The second kappa shape index (κ2) is 9.87. The zero-order valence-corrected chi connectivity index (χ0v) is 13.5. The molecule has 0 heterocycles. The number of halogens is 1. The normalized spacial score (nSPS) is 12.9. The van der Waals surface area contributed by atoms with Crippen LogP contribution in [0.3, 0.4) is 0 Å². The summed E-state index contributed by atoms with van der Waals surface area (Å²) >= 11 is 0. The number of nitrogens with zero attached hydrogens (tertiary/aromatic N) is 1. The lowest BCUT2D eigenvalue weighted by Gasteiger charge is -2.25. The molecule has 1 atom stereocenters. The van der Waals surface area contributed by atoms with Gasteiger partial charge in [0.2, 0.25) is 0 Å². The SMILES string of the molecule is CCCN(CCO)CCC(NCC)c1ccc(C)c(F)c1. The summed E-state index contributed by atoms with van der Waals surface area (Å²) in [7, 11) is 0. The minimum Gasteiger partial charge on any atom is -0.395 e. The van der Waals surface area contributed by atoms with Crippen LogP contribution in [0, 0.1) is 12.7 Å². The number of hydrogen-bond donors (Lipinski definition) is 2. The van der Waals surface area contributed by atoms with Gasteiger partial charge in [0, 0.05) is 19.1 Å². The number of rotatable bonds is 10. The van der Waals surface area contributed by atoms with E-state index in [1.807, 2.05) is 12.1 Å². The molecule has 0 aliphatic carbocycles. The summed E-state index contributed by atoms with van der Waals surface area (Å²) in [6.45, 7) is 9.62. The fraction of sp³-hybridized carbons (Fsp3) is 0.647. The highest BCUT2D eigenvalue weighted by atomic mass is 19.1. The van der Waals surface area contributed by atoms with Gasteiger partial charge in [0.25, 0.3) is 0 Å². The van der Waals surface area contributed by atoms with Crippen molar-refractivity contribution in [3.8, 4) is 0 Å². The van der Waals surface area contributed by atoms with E-state index in [0.717, 1.165) is 38.0 Å². The summed E-state index contributed by atoms with van der Waals surface area (Å²) < 4.78 is 13.7. The number of benzene rings is 1. The second-order valence-corrected chi connectivity index (χ2v) is 5.47. The van der Waals surface area contributed by atoms with Crippen LogP contribution in [0.25, 0.3) is 0 Å². The van der Waals surface area contributed by atoms with Crippen molar-refractivity contribution in [2.75, 3.05) is 32.8 Å². The molecule has 0 aromatic heterocycles. The van der Waals surface area contributed by atoms with E-state index in [2.05, 4.69) is 24.1 Å². The first-order chi connectivity index (χ1) is 10.1. The first kappa shape index (κ1) is 18.1. The van der Waals surface area contributed by atoms with E-state index in [9.17, 15) is 4.39 Å². The van der Waals surface area contributed by atoms with E-state index >= 15 is 0 Å². The van der Waals surface area contributed by atoms with Crippen molar-refractivity contribution < 1.29 is 9.50 Å². The minimum absolute atomic E-state index is 0.142. The van der Waals surface area contributed by atoms with Gasteiger partial charge in [-0.3, -0.25) is 0 Å². The molecule has 120 valence electrons. The van der Waals surface area contributed by atoms with E-state index in [0.29, 0.717) is 12.1 Å². The quantitative estimate of drug-likeness (QED) is 0.697. The topological polar surface area (TPSA) is 35.5 Å². The molecule has 1 aromatic rings. The van der Waals surface area contributed by atoms with Gasteiger partial charge in [0.05, 0.1) is 6.61 Å². The van der Waals surface area contributed by atoms with Gasteiger partial charge in [-0.25, -0.2) is 4.39 Å². The van der Waals surface area contributed by atoms with Crippen LogP contribution in [-0.4, -0.2) is 42.8 Å². The Hall–Kier alpha value is -0.970. The molecule has 4 heteroatoms. The van der Waals surface area contributed by atoms with Gasteiger partial charge in [-0.05, 0) is 50.0 Å². The van der Waals surface area contributed by atoms with Gasteiger partial charge >= 0.3 is 0 Å². The zero-order chi connectivity index (χ0) is 15.7. The lowest BCUT2D eigenvalue weighted by molar-refractivity contribution is 0.189. The zero-order valence-electron chi connectivity index (χ0n) is 13.5. The number of aryl methyl sites for hydroxylation is 1. The Morgan fingerprint density at radius 1 is 1.24 bits per heavy atom. The Morgan fingerprint density at radius 3 is 2.57 bits per heavy atom. The summed E-state index contributed by atoms with van der Waals surface area (Å²) in [5, 5.41) is 12.5. The van der Waals surface area contributed by atoms with Gasteiger partial charge in [-0.2, -0.15) is 0 Å². The Morgan fingerprint density at radius 2 is 2.00 bits per heavy atom. The number of aliphatic hydroxyl groups is 1. The third-order valence-corrected chi connectivity index (χ3v) is 3.74. The van der Waals surface area contributed by atoms with E-state index in [-0.39, 0.29) is 18.5 Å². The van der Waals surface area contributed by atoms with Gasteiger partial charge in [-0.15, -0.1) is 0 Å². The summed E-state index contributed by atoms with van der Waals surface area (Å²) in [5.74, 6) is -0.142. The highest BCUT2D eigenvalue weighted by molar-refractivity contribution is 5.25. The van der Waals surface area contributed by atoms with Crippen molar-refractivity contribution in [1.29, 1.82) is 0 Å². The third kappa shape index (κ3) is 6.12. The van der Waals surface area contributed by atoms with Gasteiger partial charge < -0.3 is 15.3 Å². The van der Waals surface area contributed by atoms with Crippen molar-refractivity contribution >= 4 is 0 Å². The molecule has 0 radical (unpaired) electrons. The molecule has 2 N–H and O–H groups in total. The molecule has 1 aromatic carbocycles. The smallest absolute Gasteiger partial charge is 0.126 e. The van der Waals surface area contributed by atoms with Crippen LogP contribution in [0.4, 0.5) is 4.39 Å². The highest BCUT2D eigenvalue weighted by Crippen LogP contribution is 2.20. The van der Waals surface area contributed by atoms with Crippen molar-refractivity contribution in [2.45, 2.75) is 39.7 Å². The fourth-order valence-corrected chi connectivity index (χ4v) is 2.56. The standard InChI is InChI=1S/C17H29FN2O/c1-4-9-20(11-12-21)10-8-17(19-5-2)15-7-6-14(3)16(18)13-15/h6-7,13,17,19,21H,4-5,8-12H2,1-3H3. The Balaban J connectivity index is 2.69. The molecule has 0 aliphatic heterocycles. The van der Waals surface area contributed by atoms with Gasteiger partial charge in [-0.1, -0.05) is 26.0 Å². The monoisotopic (exact) mass is 296 g/mol. The average molecular weight is 296 g/mol. The highest BCUT2D eigenvalue weighted by Gasteiger charge is 2.14. The first-order valence-electron chi connectivity index (χ1n) is 7.95. The number of aliphatic hydroxyl groups excluding tert-OH is 1. The molecule has 0 saturated carbocycles. The maximum atomic E-state index is 13.7. The lowest BCUT2D eigenvalue weighted by Crippen LogP contribution is -2.32. The fourth-order valence-electron chi connectivity index (χ4n) is 2.56. The van der Waals surface area contributed by atoms with Crippen molar-refractivity contribution in [3.63, 3.8) is 0 Å². The van der Waals surface area contributed by atoms with Crippen LogP contribution in [0.5, 0.6) is 0 Å². The molecular formula is C17H29FN2O. The maximum Gasteiger partial charge on any atom is 0.126 e. The van der Waals surface area contributed by atoms with Crippen LogP contribution in [0.15, 0.2) is 18.2 Å². The number of nitrogens with one attached hydrogen (secondary N) is 1. The van der Waals surface area contributed by atoms with Crippen LogP contribution in [0.2, 0.25) is 0 Å². The lowest BCUT2D eigenvalue weighted by atomic mass is 10.0. The summed E-state index contributed by atoms with van der Waals surface area (Å²) in [6, 6.07) is 5.64. The molecule has 0 fully saturated rings. The molecule has 1 unspecified atom stereocenters. The maximum absolute atomic E-state index is 13.7. The molecule has 1 rings (SSSR count). The molecule has 0 saturated heterocycles. The van der Waals surface area contributed by atoms with Crippen molar-refractivity contribution in [1.82, 2.24) is 10.2 Å². The summed E-state index contributed by atoms with van der Waals surface area (Å²) in [6.07, 6.45) is 1.99. The average Bonchev–Trinajstić information content (AvgIpc) is 2.46. The molecule has 3 nitrogen and oxygen atoms in total. The van der Waals surface area contributed by atoms with E-state index in [4.69, 9.17) is 5.11 Å². The van der Waals surface area contributed by atoms with E-state index in [1.165, 1.54) is 0 Å². The minimum atomic E-state index is -0.142. The van der Waals surface area contributed by atoms with Gasteiger partial charge in [0.15, 0.2) is 0 Å². The molecule has 0 aliphatic rings. The predicted molar refractivity (Wildman–Crippen MR) is 86.0 cm³/mol.